The predicted molar refractivity (Wildman–Crippen MR) is 145 cm³/mol. The van der Waals surface area contributed by atoms with Crippen molar-refractivity contribution >= 4 is 23.1 Å². The number of hydrogen-bond acceptors (Lipinski definition) is 12. The van der Waals surface area contributed by atoms with Crippen molar-refractivity contribution < 1.29 is 14.6 Å². The highest BCUT2D eigenvalue weighted by molar-refractivity contribution is 6.09. The van der Waals surface area contributed by atoms with Crippen molar-refractivity contribution in [2.24, 2.45) is 10.7 Å². The van der Waals surface area contributed by atoms with Crippen LogP contribution in [0.15, 0.2) is 54.0 Å². The molecule has 0 bridgehead atoms. The Morgan fingerprint density at radius 1 is 1.15 bits per heavy atom. The lowest BCUT2D eigenvalue weighted by molar-refractivity contribution is 0.0322. The summed E-state index contributed by atoms with van der Waals surface area (Å²) in [5.41, 5.74) is 9.65. The fourth-order valence-electron chi connectivity index (χ4n) is 4.06. The number of benzene rings is 1. The number of aliphatic hydroxyl groups is 1. The summed E-state index contributed by atoms with van der Waals surface area (Å²) in [6, 6.07) is 7.90. The summed E-state index contributed by atoms with van der Waals surface area (Å²) in [5.74, 6) is 1.24. The largest absolute Gasteiger partial charge is 0.489 e. The first-order valence-electron chi connectivity index (χ1n) is 12.7. The van der Waals surface area contributed by atoms with Gasteiger partial charge in [-0.05, 0) is 11.6 Å². The van der Waals surface area contributed by atoms with E-state index >= 15 is 0 Å². The Morgan fingerprint density at radius 3 is 2.79 bits per heavy atom. The molecule has 0 aliphatic carbocycles. The van der Waals surface area contributed by atoms with Gasteiger partial charge in [-0.15, -0.1) is 5.10 Å². The minimum Gasteiger partial charge on any atom is -0.489 e. The molecule has 4 heterocycles. The topological polar surface area (TPSA) is 163 Å². The van der Waals surface area contributed by atoms with E-state index in [1.807, 2.05) is 24.3 Å². The third-order valence-electron chi connectivity index (χ3n) is 6.09. The lowest BCUT2D eigenvalue weighted by Gasteiger charge is -2.26. The molecule has 1 saturated heterocycles. The van der Waals surface area contributed by atoms with E-state index in [1.165, 1.54) is 6.20 Å². The highest BCUT2D eigenvalue weighted by Crippen LogP contribution is 2.20. The molecule has 5 rings (SSSR count). The Balaban J connectivity index is 1.26. The van der Waals surface area contributed by atoms with Gasteiger partial charge in [0.2, 0.25) is 5.65 Å². The van der Waals surface area contributed by atoms with Gasteiger partial charge in [-0.1, -0.05) is 23.4 Å². The van der Waals surface area contributed by atoms with Crippen molar-refractivity contribution in [2.45, 2.75) is 6.54 Å². The predicted octanol–water partition coefficient (Wildman–Crippen LogP) is 0.800. The molecular formula is C26H30N10O3. The second-order valence-electron chi connectivity index (χ2n) is 8.78. The Morgan fingerprint density at radius 2 is 2.00 bits per heavy atom. The van der Waals surface area contributed by atoms with Crippen LogP contribution in [0.3, 0.4) is 0 Å². The summed E-state index contributed by atoms with van der Waals surface area (Å²) < 4.78 is 12.9. The van der Waals surface area contributed by atoms with Gasteiger partial charge in [0.1, 0.15) is 6.61 Å². The second kappa shape index (κ2) is 13.0. The number of aliphatic imine (C=N–C) groups is 1. The molecule has 13 heteroatoms. The van der Waals surface area contributed by atoms with E-state index in [0.717, 1.165) is 44.0 Å². The van der Waals surface area contributed by atoms with Crippen LogP contribution in [0.5, 0.6) is 5.75 Å². The first-order valence-corrected chi connectivity index (χ1v) is 12.7. The Hall–Kier alpha value is -4.33. The average Bonchev–Trinajstić information content (AvgIpc) is 3.38. The molecular weight excluding hydrogens is 500 g/mol. The van der Waals surface area contributed by atoms with Crippen molar-refractivity contribution in [3.8, 4) is 17.1 Å². The average molecular weight is 531 g/mol. The van der Waals surface area contributed by atoms with Crippen LogP contribution in [0.1, 0.15) is 11.3 Å². The van der Waals surface area contributed by atoms with E-state index in [1.54, 1.807) is 29.5 Å². The van der Waals surface area contributed by atoms with Crippen LogP contribution in [-0.2, 0) is 11.3 Å². The molecule has 1 aliphatic heterocycles. The zero-order valence-corrected chi connectivity index (χ0v) is 21.4. The molecule has 3 aromatic heterocycles. The van der Waals surface area contributed by atoms with Gasteiger partial charge in [0, 0.05) is 43.2 Å². The molecule has 202 valence electrons. The molecule has 13 nitrogen and oxygen atoms in total. The smallest absolute Gasteiger partial charge is 0.221 e. The molecule has 0 unspecified atom stereocenters. The van der Waals surface area contributed by atoms with Crippen molar-refractivity contribution in [1.82, 2.24) is 39.8 Å². The Kier molecular flexibility index (Phi) is 8.73. The van der Waals surface area contributed by atoms with Gasteiger partial charge in [-0.3, -0.25) is 9.89 Å². The summed E-state index contributed by atoms with van der Waals surface area (Å²) >= 11 is 0. The molecule has 0 saturated carbocycles. The number of nitrogens with two attached hydrogens (primary N) is 1. The fraction of sp³-hybridized carbons (Fsp3) is 0.346. The SMILES string of the molecule is NC=C(C=NCCO)c1cnc2nnn(Cc3cccc(-c4ncc(OCCN5CCOCC5)cn4)c3)c2n1. The van der Waals surface area contributed by atoms with Crippen molar-refractivity contribution in [2.75, 3.05) is 52.6 Å². The van der Waals surface area contributed by atoms with Crippen LogP contribution in [0.2, 0.25) is 0 Å². The van der Waals surface area contributed by atoms with Crippen molar-refractivity contribution in [3.63, 3.8) is 0 Å². The summed E-state index contributed by atoms with van der Waals surface area (Å²) in [6.45, 7) is 5.47. The Bertz CT molecular complexity index is 1430. The van der Waals surface area contributed by atoms with Gasteiger partial charge < -0.3 is 20.3 Å². The minimum atomic E-state index is -0.0485. The molecule has 1 fully saturated rings. The van der Waals surface area contributed by atoms with Gasteiger partial charge >= 0.3 is 0 Å². The third kappa shape index (κ3) is 6.76. The standard InChI is InChI=1S/C26H30N10O3/c27-13-21(14-28-4-8-37)23-17-31-25-26(32-23)36(34-33-25)18-19-2-1-3-20(12-19)24-29-15-22(16-30-24)39-11-7-35-5-9-38-10-6-35/h1-3,12-17,37H,4-11,18,27H2. The number of aromatic nitrogens is 7. The Labute approximate surface area is 225 Å². The summed E-state index contributed by atoms with van der Waals surface area (Å²) in [7, 11) is 0. The lowest BCUT2D eigenvalue weighted by atomic mass is 10.1. The molecule has 0 radical (unpaired) electrons. The normalized spacial score (nSPS) is 14.8. The minimum absolute atomic E-state index is 0.0485. The maximum absolute atomic E-state index is 8.96. The monoisotopic (exact) mass is 530 g/mol. The highest BCUT2D eigenvalue weighted by Gasteiger charge is 2.13. The van der Waals surface area contributed by atoms with E-state index in [4.69, 9.17) is 20.3 Å². The number of fused-ring (bicyclic) bond motifs is 1. The maximum Gasteiger partial charge on any atom is 0.221 e. The lowest BCUT2D eigenvalue weighted by Crippen LogP contribution is -2.38. The number of nitrogens with zero attached hydrogens (tertiary/aromatic N) is 9. The zero-order valence-electron chi connectivity index (χ0n) is 21.4. The van der Waals surface area contributed by atoms with E-state index in [-0.39, 0.29) is 13.2 Å². The molecule has 0 atom stereocenters. The van der Waals surface area contributed by atoms with Crippen LogP contribution in [0.4, 0.5) is 0 Å². The number of morpholine rings is 1. The van der Waals surface area contributed by atoms with E-state index in [9.17, 15) is 0 Å². The quantitative estimate of drug-likeness (QED) is 0.264. The van der Waals surface area contributed by atoms with Gasteiger partial charge in [-0.2, -0.15) is 0 Å². The number of aliphatic hydroxyl groups excluding tert-OH is 1. The van der Waals surface area contributed by atoms with Crippen LogP contribution < -0.4 is 10.5 Å². The van der Waals surface area contributed by atoms with Gasteiger partial charge in [-0.25, -0.2) is 24.6 Å². The third-order valence-corrected chi connectivity index (χ3v) is 6.09. The molecule has 1 aromatic carbocycles. The highest BCUT2D eigenvalue weighted by atomic mass is 16.5. The van der Waals surface area contributed by atoms with Crippen LogP contribution >= 0.6 is 0 Å². The summed E-state index contributed by atoms with van der Waals surface area (Å²) in [5, 5.41) is 17.3. The molecule has 1 aliphatic rings. The molecule has 39 heavy (non-hydrogen) atoms. The number of rotatable bonds is 11. The summed E-state index contributed by atoms with van der Waals surface area (Å²) in [4.78, 5) is 24.4. The molecule has 0 spiro atoms. The van der Waals surface area contributed by atoms with Crippen molar-refractivity contribution in [1.29, 1.82) is 0 Å². The van der Waals surface area contributed by atoms with Gasteiger partial charge in [0.15, 0.2) is 17.2 Å². The first kappa shape index (κ1) is 26.3. The zero-order chi connectivity index (χ0) is 26.9. The van der Waals surface area contributed by atoms with Crippen LogP contribution in [-0.4, -0.2) is 104 Å². The fourth-order valence-corrected chi connectivity index (χ4v) is 4.06. The van der Waals surface area contributed by atoms with Crippen LogP contribution in [0, 0.1) is 0 Å². The van der Waals surface area contributed by atoms with Crippen LogP contribution in [0.25, 0.3) is 28.3 Å². The number of allylic oxidation sites excluding steroid dienone is 1. The molecule has 3 N–H and O–H groups in total. The van der Waals surface area contributed by atoms with E-state index in [2.05, 4.69) is 40.1 Å². The van der Waals surface area contributed by atoms with Gasteiger partial charge in [0.05, 0.1) is 57.2 Å². The second-order valence-corrected chi connectivity index (χ2v) is 8.78. The first-order chi connectivity index (χ1) is 19.2. The number of hydrogen-bond donors (Lipinski definition) is 2. The molecule has 0 amide bonds. The van der Waals surface area contributed by atoms with E-state index < -0.39 is 0 Å². The molecule has 4 aromatic rings. The maximum atomic E-state index is 8.96. The van der Waals surface area contributed by atoms with Gasteiger partial charge in [0.25, 0.3) is 0 Å². The van der Waals surface area contributed by atoms with E-state index in [0.29, 0.717) is 47.3 Å². The number of ether oxygens (including phenoxy) is 2. The summed E-state index contributed by atoms with van der Waals surface area (Å²) in [6.07, 6.45) is 7.92. The van der Waals surface area contributed by atoms with Crippen molar-refractivity contribution in [3.05, 3.63) is 60.3 Å².